The minimum atomic E-state index is -4.25. The van der Waals surface area contributed by atoms with Crippen LogP contribution in [0.3, 0.4) is 0 Å². The molecule has 0 aromatic heterocycles. The van der Waals surface area contributed by atoms with E-state index in [0.29, 0.717) is 6.54 Å². The van der Waals surface area contributed by atoms with Crippen LogP contribution in [0.5, 0.6) is 0 Å². The van der Waals surface area contributed by atoms with E-state index in [2.05, 4.69) is 15.6 Å². The third kappa shape index (κ3) is 17.5. The standard InChI is InChI=1S/C11H19F6N3.HI/c1-2-18-9(20-8-6-11(15,16)17)19-7-4-3-5-10(12,13)14;/h2-8H2,1H3,(H2,18,19,20);1H. The highest BCUT2D eigenvalue weighted by atomic mass is 127. The number of rotatable bonds is 7. The van der Waals surface area contributed by atoms with Crippen molar-refractivity contribution in [2.45, 2.75) is 45.0 Å². The van der Waals surface area contributed by atoms with Gasteiger partial charge in [-0.15, -0.1) is 24.0 Å². The first-order valence-electron chi connectivity index (χ1n) is 6.30. The van der Waals surface area contributed by atoms with Gasteiger partial charge in [0.05, 0.1) is 6.42 Å². The zero-order chi connectivity index (χ0) is 15.6. The molecule has 0 aromatic carbocycles. The Balaban J connectivity index is 0. The second kappa shape index (κ2) is 11.2. The Kier molecular flexibility index (Phi) is 12.2. The quantitative estimate of drug-likeness (QED) is 0.210. The third-order valence-electron chi connectivity index (χ3n) is 2.18. The average Bonchev–Trinajstić information content (AvgIpc) is 2.25. The molecule has 128 valence electrons. The summed E-state index contributed by atoms with van der Waals surface area (Å²) in [5.74, 6) is 0.184. The van der Waals surface area contributed by atoms with Gasteiger partial charge in [0.1, 0.15) is 0 Å². The molecular formula is C11H20F6IN3. The number of hydrogen-bond donors (Lipinski definition) is 2. The number of nitrogens with one attached hydrogen (secondary N) is 2. The molecule has 0 amide bonds. The molecule has 0 rings (SSSR count). The van der Waals surface area contributed by atoms with Gasteiger partial charge in [-0.2, -0.15) is 26.3 Å². The fourth-order valence-electron chi connectivity index (χ4n) is 1.29. The summed E-state index contributed by atoms with van der Waals surface area (Å²) >= 11 is 0. The van der Waals surface area contributed by atoms with E-state index in [1.54, 1.807) is 6.92 Å². The van der Waals surface area contributed by atoms with E-state index >= 15 is 0 Å². The van der Waals surface area contributed by atoms with Crippen molar-refractivity contribution in [1.29, 1.82) is 0 Å². The molecule has 0 aliphatic heterocycles. The molecule has 0 fully saturated rings. The maximum atomic E-state index is 11.9. The number of nitrogens with zero attached hydrogens (tertiary/aromatic N) is 1. The maximum Gasteiger partial charge on any atom is 0.390 e. The Labute approximate surface area is 137 Å². The topological polar surface area (TPSA) is 36.4 Å². The molecule has 21 heavy (non-hydrogen) atoms. The number of guanidine groups is 1. The SMILES string of the molecule is CCNC(=NCCCCC(F)(F)F)NCCC(F)(F)F.I. The van der Waals surface area contributed by atoms with E-state index in [1.807, 2.05) is 0 Å². The highest BCUT2D eigenvalue weighted by Gasteiger charge is 2.26. The summed E-state index contributed by atoms with van der Waals surface area (Å²) < 4.78 is 71.5. The lowest BCUT2D eigenvalue weighted by molar-refractivity contribution is -0.135. The molecule has 0 spiro atoms. The van der Waals surface area contributed by atoms with Crippen molar-refractivity contribution in [2.75, 3.05) is 19.6 Å². The van der Waals surface area contributed by atoms with Crippen LogP contribution >= 0.6 is 24.0 Å². The largest absolute Gasteiger partial charge is 0.390 e. The monoisotopic (exact) mass is 435 g/mol. The van der Waals surface area contributed by atoms with Crippen molar-refractivity contribution in [2.24, 2.45) is 4.99 Å². The Hall–Kier alpha value is -0.420. The Morgan fingerprint density at radius 2 is 1.48 bits per heavy atom. The Morgan fingerprint density at radius 1 is 0.905 bits per heavy atom. The predicted molar refractivity (Wildman–Crippen MR) is 80.0 cm³/mol. The summed E-state index contributed by atoms with van der Waals surface area (Å²) in [6.07, 6.45) is -10.1. The van der Waals surface area contributed by atoms with E-state index in [1.165, 1.54) is 0 Å². The lowest BCUT2D eigenvalue weighted by Crippen LogP contribution is -2.39. The van der Waals surface area contributed by atoms with Crippen LogP contribution in [0.25, 0.3) is 0 Å². The average molecular weight is 435 g/mol. The molecule has 2 N–H and O–H groups in total. The summed E-state index contributed by atoms with van der Waals surface area (Å²) in [4.78, 5) is 3.91. The number of aliphatic imine (C=N–C) groups is 1. The zero-order valence-corrected chi connectivity index (χ0v) is 13.9. The number of halogens is 7. The molecule has 0 radical (unpaired) electrons. The van der Waals surface area contributed by atoms with Gasteiger partial charge in [0, 0.05) is 26.1 Å². The van der Waals surface area contributed by atoms with Gasteiger partial charge in [0.25, 0.3) is 0 Å². The summed E-state index contributed by atoms with van der Waals surface area (Å²) in [6.45, 7) is 2.01. The molecule has 0 aromatic rings. The van der Waals surface area contributed by atoms with Crippen LogP contribution in [0, 0.1) is 0 Å². The van der Waals surface area contributed by atoms with Crippen LogP contribution in [0.2, 0.25) is 0 Å². The molecule has 0 bridgehead atoms. The predicted octanol–water partition coefficient (Wildman–Crippen LogP) is 3.84. The first-order valence-corrected chi connectivity index (χ1v) is 6.30. The fourth-order valence-corrected chi connectivity index (χ4v) is 1.29. The number of alkyl halides is 6. The summed E-state index contributed by atoms with van der Waals surface area (Å²) in [7, 11) is 0. The number of hydrogen-bond acceptors (Lipinski definition) is 1. The van der Waals surface area contributed by atoms with Crippen LogP contribution in [0.4, 0.5) is 26.3 Å². The van der Waals surface area contributed by atoms with Crippen molar-refractivity contribution in [3.63, 3.8) is 0 Å². The summed E-state index contributed by atoms with van der Waals surface area (Å²) in [6, 6.07) is 0. The van der Waals surface area contributed by atoms with Crippen LogP contribution in [0.1, 0.15) is 32.6 Å². The molecule has 10 heteroatoms. The van der Waals surface area contributed by atoms with Gasteiger partial charge in [-0.25, -0.2) is 0 Å². The molecule has 3 nitrogen and oxygen atoms in total. The van der Waals surface area contributed by atoms with E-state index in [4.69, 9.17) is 0 Å². The fraction of sp³-hybridized carbons (Fsp3) is 0.909. The molecule has 0 saturated carbocycles. The van der Waals surface area contributed by atoms with Crippen molar-refractivity contribution >= 4 is 29.9 Å². The Bertz CT molecular complexity index is 291. The molecule has 0 aliphatic rings. The third-order valence-corrected chi connectivity index (χ3v) is 2.18. The normalized spacial score (nSPS) is 12.8. The lowest BCUT2D eigenvalue weighted by atomic mass is 10.2. The van der Waals surface area contributed by atoms with Gasteiger partial charge in [0.2, 0.25) is 0 Å². The molecule has 0 heterocycles. The van der Waals surface area contributed by atoms with Gasteiger partial charge in [-0.1, -0.05) is 0 Å². The van der Waals surface area contributed by atoms with E-state index in [9.17, 15) is 26.3 Å². The van der Waals surface area contributed by atoms with Crippen molar-refractivity contribution in [3.05, 3.63) is 0 Å². The highest BCUT2D eigenvalue weighted by Crippen LogP contribution is 2.22. The smallest absolute Gasteiger partial charge is 0.357 e. The maximum absolute atomic E-state index is 11.9. The van der Waals surface area contributed by atoms with Gasteiger partial charge < -0.3 is 10.6 Å². The second-order valence-electron chi connectivity index (χ2n) is 4.12. The van der Waals surface area contributed by atoms with Crippen LogP contribution in [-0.2, 0) is 0 Å². The zero-order valence-electron chi connectivity index (χ0n) is 11.6. The van der Waals surface area contributed by atoms with Gasteiger partial charge in [-0.3, -0.25) is 4.99 Å². The van der Waals surface area contributed by atoms with E-state index in [0.717, 1.165) is 0 Å². The first kappa shape index (κ1) is 22.9. The summed E-state index contributed by atoms with van der Waals surface area (Å²) in [5.41, 5.74) is 0. The van der Waals surface area contributed by atoms with Crippen LogP contribution in [-0.4, -0.2) is 37.9 Å². The molecular weight excluding hydrogens is 415 g/mol. The molecule has 0 saturated heterocycles. The van der Waals surface area contributed by atoms with Crippen molar-refractivity contribution < 1.29 is 26.3 Å². The van der Waals surface area contributed by atoms with Gasteiger partial charge in [-0.05, 0) is 19.8 Å². The van der Waals surface area contributed by atoms with Gasteiger partial charge in [0.15, 0.2) is 5.96 Å². The van der Waals surface area contributed by atoms with Gasteiger partial charge >= 0.3 is 12.4 Å². The van der Waals surface area contributed by atoms with Crippen LogP contribution < -0.4 is 10.6 Å². The van der Waals surface area contributed by atoms with Crippen LogP contribution in [0.15, 0.2) is 4.99 Å². The van der Waals surface area contributed by atoms with E-state index < -0.39 is 25.2 Å². The Morgan fingerprint density at radius 3 is 1.95 bits per heavy atom. The highest BCUT2D eigenvalue weighted by molar-refractivity contribution is 14.0. The minimum Gasteiger partial charge on any atom is -0.357 e. The summed E-state index contributed by atoms with van der Waals surface area (Å²) in [5, 5.41) is 5.21. The van der Waals surface area contributed by atoms with E-state index in [-0.39, 0.29) is 55.9 Å². The lowest BCUT2D eigenvalue weighted by Gasteiger charge is -2.12. The molecule has 0 atom stereocenters. The van der Waals surface area contributed by atoms with Crippen molar-refractivity contribution in [3.8, 4) is 0 Å². The molecule has 0 unspecified atom stereocenters. The van der Waals surface area contributed by atoms with Crippen molar-refractivity contribution in [1.82, 2.24) is 10.6 Å². The first-order chi connectivity index (χ1) is 9.14. The molecule has 0 aliphatic carbocycles. The second-order valence-corrected chi connectivity index (χ2v) is 4.12. The minimum absolute atomic E-state index is 0. The number of unbranched alkanes of at least 4 members (excludes halogenated alkanes) is 1.